The molecule has 2 aromatic heterocycles. The van der Waals surface area contributed by atoms with E-state index in [1.54, 1.807) is 11.3 Å². The number of aryl methyl sites for hydroxylation is 2. The van der Waals surface area contributed by atoms with Gasteiger partial charge in [0.1, 0.15) is 10.7 Å². The third-order valence-corrected chi connectivity index (χ3v) is 7.22. The molecule has 0 bridgehead atoms. The molecular formula is C26H27N3O2S. The van der Waals surface area contributed by atoms with Gasteiger partial charge in [-0.25, -0.2) is 4.98 Å². The van der Waals surface area contributed by atoms with Gasteiger partial charge in [-0.15, -0.1) is 11.3 Å². The van der Waals surface area contributed by atoms with E-state index in [1.807, 2.05) is 48.5 Å². The highest BCUT2D eigenvalue weighted by Gasteiger charge is 2.22. The molecule has 2 aromatic carbocycles. The molecule has 0 aliphatic heterocycles. The van der Waals surface area contributed by atoms with Gasteiger partial charge in [0.25, 0.3) is 5.56 Å². The maximum absolute atomic E-state index is 12.9. The number of hydrogen-bond acceptors (Lipinski definition) is 5. The van der Waals surface area contributed by atoms with Crippen LogP contribution in [-0.2, 0) is 32.4 Å². The van der Waals surface area contributed by atoms with Gasteiger partial charge >= 0.3 is 0 Å². The summed E-state index contributed by atoms with van der Waals surface area (Å²) in [5, 5.41) is 11.6. The van der Waals surface area contributed by atoms with Crippen LogP contribution in [0.25, 0.3) is 10.2 Å². The number of hydrogen-bond donors (Lipinski definition) is 2. The first-order valence-corrected chi connectivity index (χ1v) is 12.0. The normalized spacial score (nSPS) is 14.2. The van der Waals surface area contributed by atoms with Crippen molar-refractivity contribution < 1.29 is 5.11 Å². The summed E-state index contributed by atoms with van der Waals surface area (Å²) < 4.78 is 0. The average Bonchev–Trinajstić information content (AvgIpc) is 3.36. The van der Waals surface area contributed by atoms with Crippen molar-refractivity contribution in [1.29, 1.82) is 0 Å². The van der Waals surface area contributed by atoms with E-state index in [1.165, 1.54) is 10.4 Å². The molecule has 2 heterocycles. The average molecular weight is 446 g/mol. The van der Waals surface area contributed by atoms with Crippen molar-refractivity contribution in [2.45, 2.75) is 44.9 Å². The Kier molecular flexibility index (Phi) is 6.17. The monoisotopic (exact) mass is 445 g/mol. The largest absolute Gasteiger partial charge is 0.391 e. The fraction of sp³-hybridized carbons (Fsp3) is 0.308. The van der Waals surface area contributed by atoms with Crippen LogP contribution in [0.3, 0.4) is 0 Å². The SMILES string of the molecule is O=c1[nH]c(CN(Cc2ccccc2)CC(O)Cc2ccccc2)nc2sc3c(c12)CCC3. The number of aliphatic hydroxyl groups is 1. The van der Waals surface area contributed by atoms with Crippen molar-refractivity contribution >= 4 is 21.6 Å². The van der Waals surface area contributed by atoms with Crippen molar-refractivity contribution in [2.24, 2.45) is 0 Å². The van der Waals surface area contributed by atoms with Crippen LogP contribution >= 0.6 is 11.3 Å². The molecule has 0 amide bonds. The second kappa shape index (κ2) is 9.36. The fourth-order valence-electron chi connectivity index (χ4n) is 4.61. The Morgan fingerprint density at radius 1 is 1.00 bits per heavy atom. The maximum Gasteiger partial charge on any atom is 0.259 e. The molecule has 0 fully saturated rings. The van der Waals surface area contributed by atoms with Crippen molar-refractivity contribution in [3.05, 3.63) is 98.4 Å². The lowest BCUT2D eigenvalue weighted by Gasteiger charge is -2.25. The summed E-state index contributed by atoms with van der Waals surface area (Å²) in [6, 6.07) is 20.2. The molecule has 0 radical (unpaired) electrons. The summed E-state index contributed by atoms with van der Waals surface area (Å²) in [4.78, 5) is 25.0. The molecule has 2 N–H and O–H groups in total. The lowest BCUT2D eigenvalue weighted by atomic mass is 10.1. The van der Waals surface area contributed by atoms with E-state index in [-0.39, 0.29) is 5.56 Å². The molecule has 0 spiro atoms. The summed E-state index contributed by atoms with van der Waals surface area (Å²) in [5.41, 5.74) is 3.44. The number of aliphatic hydroxyl groups excluding tert-OH is 1. The van der Waals surface area contributed by atoms with Gasteiger partial charge in [-0.2, -0.15) is 0 Å². The molecule has 1 aliphatic carbocycles. The number of nitrogens with one attached hydrogen (secondary N) is 1. The second-order valence-corrected chi connectivity index (χ2v) is 9.63. The highest BCUT2D eigenvalue weighted by molar-refractivity contribution is 7.18. The zero-order valence-electron chi connectivity index (χ0n) is 18.0. The lowest BCUT2D eigenvalue weighted by Crippen LogP contribution is -2.34. The molecule has 32 heavy (non-hydrogen) atoms. The summed E-state index contributed by atoms with van der Waals surface area (Å²) in [5.74, 6) is 0.658. The third kappa shape index (κ3) is 4.67. The molecule has 0 saturated carbocycles. The second-order valence-electron chi connectivity index (χ2n) is 8.55. The van der Waals surface area contributed by atoms with Gasteiger partial charge in [0.05, 0.1) is 18.0 Å². The number of aromatic nitrogens is 2. The van der Waals surface area contributed by atoms with Crippen LogP contribution in [0.1, 0.15) is 33.8 Å². The molecular weight excluding hydrogens is 418 g/mol. The first-order chi connectivity index (χ1) is 15.7. The van der Waals surface area contributed by atoms with E-state index >= 15 is 0 Å². The number of aromatic amines is 1. The van der Waals surface area contributed by atoms with E-state index < -0.39 is 6.10 Å². The van der Waals surface area contributed by atoms with Crippen LogP contribution in [0.4, 0.5) is 0 Å². The quantitative estimate of drug-likeness (QED) is 0.429. The van der Waals surface area contributed by atoms with Crippen molar-refractivity contribution in [3.8, 4) is 0 Å². The van der Waals surface area contributed by atoms with Gasteiger partial charge in [0.15, 0.2) is 0 Å². The third-order valence-electron chi connectivity index (χ3n) is 6.03. The van der Waals surface area contributed by atoms with Crippen molar-refractivity contribution in [1.82, 2.24) is 14.9 Å². The van der Waals surface area contributed by atoms with Gasteiger partial charge < -0.3 is 10.1 Å². The number of H-pyrrole nitrogens is 1. The van der Waals surface area contributed by atoms with Crippen LogP contribution < -0.4 is 5.56 Å². The van der Waals surface area contributed by atoms with E-state index in [4.69, 9.17) is 4.98 Å². The Labute approximate surface area is 191 Å². The van der Waals surface area contributed by atoms with Crippen molar-refractivity contribution in [2.75, 3.05) is 6.54 Å². The summed E-state index contributed by atoms with van der Waals surface area (Å²) >= 11 is 1.66. The molecule has 5 rings (SSSR count). The zero-order valence-corrected chi connectivity index (χ0v) is 18.8. The minimum atomic E-state index is -0.512. The predicted octanol–water partition coefficient (Wildman–Crippen LogP) is 4.08. The number of fused-ring (bicyclic) bond motifs is 3. The molecule has 4 aromatic rings. The van der Waals surface area contributed by atoms with E-state index in [9.17, 15) is 9.90 Å². The number of benzene rings is 2. The molecule has 164 valence electrons. The van der Waals surface area contributed by atoms with E-state index in [2.05, 4.69) is 22.0 Å². The Balaban J connectivity index is 1.38. The number of rotatable bonds is 8. The van der Waals surface area contributed by atoms with Crippen LogP contribution in [0, 0.1) is 0 Å². The fourth-order valence-corrected chi connectivity index (χ4v) is 5.89. The molecule has 5 nitrogen and oxygen atoms in total. The highest BCUT2D eigenvalue weighted by Crippen LogP contribution is 2.34. The maximum atomic E-state index is 12.9. The van der Waals surface area contributed by atoms with Gasteiger partial charge in [-0.05, 0) is 42.4 Å². The standard InChI is InChI=1S/C26H27N3O2S/c30-20(14-18-8-3-1-4-9-18)16-29(15-19-10-5-2-6-11-19)17-23-27-25(31)24-21-12-7-13-22(21)32-26(24)28-23/h1-6,8-11,20,30H,7,12-17H2,(H,27,28,31). The molecule has 6 heteroatoms. The molecule has 1 aliphatic rings. The smallest absolute Gasteiger partial charge is 0.259 e. The number of thiophene rings is 1. The lowest BCUT2D eigenvalue weighted by molar-refractivity contribution is 0.103. The Morgan fingerprint density at radius 2 is 1.72 bits per heavy atom. The Hall–Kier alpha value is -2.80. The van der Waals surface area contributed by atoms with Gasteiger partial charge in [0, 0.05) is 18.0 Å². The zero-order chi connectivity index (χ0) is 21.9. The Morgan fingerprint density at radius 3 is 2.47 bits per heavy atom. The molecule has 1 atom stereocenters. The number of nitrogens with zero attached hydrogens (tertiary/aromatic N) is 2. The first-order valence-electron chi connectivity index (χ1n) is 11.2. The highest BCUT2D eigenvalue weighted by atomic mass is 32.1. The molecule has 0 saturated heterocycles. The summed E-state index contributed by atoms with van der Waals surface area (Å²) in [6.07, 6.45) is 3.24. The topological polar surface area (TPSA) is 69.2 Å². The van der Waals surface area contributed by atoms with Crippen LogP contribution in [0.5, 0.6) is 0 Å². The molecule has 1 unspecified atom stereocenters. The van der Waals surface area contributed by atoms with Gasteiger partial charge in [-0.3, -0.25) is 9.69 Å². The summed E-state index contributed by atoms with van der Waals surface area (Å²) in [6.45, 7) is 1.65. The predicted molar refractivity (Wildman–Crippen MR) is 129 cm³/mol. The Bertz CT molecular complexity index is 1250. The van der Waals surface area contributed by atoms with Gasteiger partial charge in [0.2, 0.25) is 0 Å². The van der Waals surface area contributed by atoms with Crippen LogP contribution in [0.15, 0.2) is 65.5 Å². The minimum absolute atomic E-state index is 0.0334. The van der Waals surface area contributed by atoms with Crippen molar-refractivity contribution in [3.63, 3.8) is 0 Å². The summed E-state index contributed by atoms with van der Waals surface area (Å²) in [7, 11) is 0. The minimum Gasteiger partial charge on any atom is -0.391 e. The van der Waals surface area contributed by atoms with Crippen LogP contribution in [0.2, 0.25) is 0 Å². The van der Waals surface area contributed by atoms with E-state index in [0.717, 1.165) is 40.6 Å². The first kappa shape index (κ1) is 21.1. The van der Waals surface area contributed by atoms with E-state index in [0.29, 0.717) is 31.9 Å². The van der Waals surface area contributed by atoms with Crippen LogP contribution in [-0.4, -0.2) is 32.6 Å². The van der Waals surface area contributed by atoms with Gasteiger partial charge in [-0.1, -0.05) is 60.7 Å².